The molecule has 7 heteroatoms. The SMILES string of the molecule is CN(C)c1nc(Cl)c(C(=O)NCc2ccccc2)c(Cl)n1. The summed E-state index contributed by atoms with van der Waals surface area (Å²) in [7, 11) is 3.52. The van der Waals surface area contributed by atoms with E-state index in [1.54, 1.807) is 19.0 Å². The van der Waals surface area contributed by atoms with Crippen molar-refractivity contribution in [2.45, 2.75) is 6.54 Å². The Morgan fingerprint density at radius 3 is 2.24 bits per heavy atom. The molecule has 21 heavy (non-hydrogen) atoms. The Morgan fingerprint density at radius 1 is 1.14 bits per heavy atom. The van der Waals surface area contributed by atoms with E-state index in [4.69, 9.17) is 23.2 Å². The topological polar surface area (TPSA) is 58.1 Å². The highest BCUT2D eigenvalue weighted by Gasteiger charge is 2.19. The fourth-order valence-electron chi connectivity index (χ4n) is 1.65. The van der Waals surface area contributed by atoms with Crippen molar-refractivity contribution in [2.24, 2.45) is 0 Å². The summed E-state index contributed by atoms with van der Waals surface area (Å²) in [5.74, 6) is -0.0521. The summed E-state index contributed by atoms with van der Waals surface area (Å²) in [6.45, 7) is 0.377. The first-order valence-corrected chi connectivity index (χ1v) is 6.97. The second kappa shape index (κ2) is 6.74. The summed E-state index contributed by atoms with van der Waals surface area (Å²) >= 11 is 12.1. The molecule has 5 nitrogen and oxygen atoms in total. The molecule has 1 aromatic heterocycles. The minimum atomic E-state index is -0.404. The third kappa shape index (κ3) is 3.83. The molecular weight excluding hydrogens is 311 g/mol. The Bertz CT molecular complexity index is 624. The maximum absolute atomic E-state index is 12.2. The van der Waals surface area contributed by atoms with Crippen molar-refractivity contribution >= 4 is 35.1 Å². The number of carbonyl (C=O) groups is 1. The third-order valence-corrected chi connectivity index (χ3v) is 3.28. The Balaban J connectivity index is 2.16. The first-order valence-electron chi connectivity index (χ1n) is 6.21. The number of hydrogen-bond acceptors (Lipinski definition) is 4. The third-order valence-electron chi connectivity index (χ3n) is 2.73. The van der Waals surface area contributed by atoms with Gasteiger partial charge in [0.1, 0.15) is 15.9 Å². The number of rotatable bonds is 4. The van der Waals surface area contributed by atoms with Crippen LogP contribution in [0.3, 0.4) is 0 Å². The summed E-state index contributed by atoms with van der Waals surface area (Å²) in [5.41, 5.74) is 1.06. The van der Waals surface area contributed by atoms with E-state index >= 15 is 0 Å². The molecule has 2 rings (SSSR count). The van der Waals surface area contributed by atoms with Gasteiger partial charge in [-0.2, -0.15) is 0 Å². The number of hydrogen-bond donors (Lipinski definition) is 1. The van der Waals surface area contributed by atoms with Gasteiger partial charge in [-0.1, -0.05) is 53.5 Å². The molecule has 1 N–H and O–H groups in total. The van der Waals surface area contributed by atoms with Crippen molar-refractivity contribution in [3.63, 3.8) is 0 Å². The van der Waals surface area contributed by atoms with Crippen LogP contribution in [0.25, 0.3) is 0 Å². The molecule has 0 atom stereocenters. The van der Waals surface area contributed by atoms with Crippen LogP contribution in [0, 0.1) is 0 Å². The highest BCUT2D eigenvalue weighted by atomic mass is 35.5. The minimum absolute atomic E-state index is 0.0317. The van der Waals surface area contributed by atoms with Crippen LogP contribution in [0.4, 0.5) is 5.95 Å². The van der Waals surface area contributed by atoms with Crippen LogP contribution in [0.15, 0.2) is 30.3 Å². The van der Waals surface area contributed by atoms with Crippen molar-refractivity contribution in [1.29, 1.82) is 0 Å². The van der Waals surface area contributed by atoms with Gasteiger partial charge < -0.3 is 10.2 Å². The predicted molar refractivity (Wildman–Crippen MR) is 84.0 cm³/mol. The number of nitrogens with zero attached hydrogens (tertiary/aromatic N) is 3. The van der Waals surface area contributed by atoms with E-state index in [1.165, 1.54) is 0 Å². The zero-order valence-electron chi connectivity index (χ0n) is 11.6. The van der Waals surface area contributed by atoms with Gasteiger partial charge in [0, 0.05) is 20.6 Å². The molecule has 1 heterocycles. The van der Waals surface area contributed by atoms with Gasteiger partial charge in [-0.25, -0.2) is 9.97 Å². The molecule has 0 saturated heterocycles. The van der Waals surface area contributed by atoms with Crippen molar-refractivity contribution in [3.05, 3.63) is 51.8 Å². The predicted octanol–water partition coefficient (Wildman–Crippen LogP) is 2.78. The largest absolute Gasteiger partial charge is 0.348 e. The quantitative estimate of drug-likeness (QED) is 0.878. The molecule has 0 aliphatic carbocycles. The van der Waals surface area contributed by atoms with Crippen LogP contribution in [0.1, 0.15) is 15.9 Å². The zero-order chi connectivity index (χ0) is 15.4. The highest BCUT2D eigenvalue weighted by molar-refractivity contribution is 6.38. The highest BCUT2D eigenvalue weighted by Crippen LogP contribution is 2.23. The van der Waals surface area contributed by atoms with Gasteiger partial charge in [-0.05, 0) is 5.56 Å². The molecule has 0 radical (unpaired) electrons. The monoisotopic (exact) mass is 324 g/mol. The lowest BCUT2D eigenvalue weighted by molar-refractivity contribution is 0.0950. The maximum atomic E-state index is 12.2. The summed E-state index contributed by atoms with van der Waals surface area (Å²) in [6.07, 6.45) is 0. The van der Waals surface area contributed by atoms with Crippen molar-refractivity contribution in [3.8, 4) is 0 Å². The van der Waals surface area contributed by atoms with Gasteiger partial charge in [0.2, 0.25) is 5.95 Å². The molecule has 2 aromatic rings. The first kappa shape index (κ1) is 15.5. The van der Waals surface area contributed by atoms with Crippen molar-refractivity contribution in [1.82, 2.24) is 15.3 Å². The summed E-state index contributed by atoms with van der Waals surface area (Å²) in [5, 5.41) is 2.81. The molecule has 1 aromatic carbocycles. The molecular formula is C14H14Cl2N4O. The van der Waals surface area contributed by atoms with Gasteiger partial charge in [0.15, 0.2) is 0 Å². The van der Waals surface area contributed by atoms with Gasteiger partial charge in [0.25, 0.3) is 5.91 Å². The summed E-state index contributed by atoms with van der Waals surface area (Å²) in [6, 6.07) is 9.53. The van der Waals surface area contributed by atoms with E-state index in [0.717, 1.165) is 5.56 Å². The number of halogens is 2. The molecule has 110 valence electrons. The fourth-order valence-corrected chi connectivity index (χ4v) is 2.20. The molecule has 0 spiro atoms. The molecule has 0 saturated carbocycles. The lowest BCUT2D eigenvalue weighted by Crippen LogP contribution is -2.25. The first-order chi connectivity index (χ1) is 9.99. The smallest absolute Gasteiger partial charge is 0.257 e. The van der Waals surface area contributed by atoms with E-state index in [-0.39, 0.29) is 15.9 Å². The van der Waals surface area contributed by atoms with Gasteiger partial charge in [-0.3, -0.25) is 4.79 Å². The average Bonchev–Trinajstić information content (AvgIpc) is 2.45. The summed E-state index contributed by atoms with van der Waals surface area (Å²) in [4.78, 5) is 21.9. The Hall–Kier alpha value is -1.85. The molecule has 0 bridgehead atoms. The lowest BCUT2D eigenvalue weighted by Gasteiger charge is -2.13. The number of carbonyl (C=O) groups excluding carboxylic acids is 1. The Labute approximate surface area is 132 Å². The van der Waals surface area contributed by atoms with Crippen molar-refractivity contribution < 1.29 is 4.79 Å². The summed E-state index contributed by atoms with van der Waals surface area (Å²) < 4.78 is 0. The average molecular weight is 325 g/mol. The lowest BCUT2D eigenvalue weighted by atomic mass is 10.2. The van der Waals surface area contributed by atoms with Crippen LogP contribution in [-0.4, -0.2) is 30.0 Å². The Morgan fingerprint density at radius 2 is 1.71 bits per heavy atom. The van der Waals surface area contributed by atoms with Crippen LogP contribution in [-0.2, 0) is 6.54 Å². The van der Waals surface area contributed by atoms with Gasteiger partial charge >= 0.3 is 0 Å². The normalized spacial score (nSPS) is 10.3. The minimum Gasteiger partial charge on any atom is -0.348 e. The molecule has 0 unspecified atom stereocenters. The van der Waals surface area contributed by atoms with E-state index in [2.05, 4.69) is 15.3 Å². The molecule has 0 aliphatic heterocycles. The van der Waals surface area contributed by atoms with E-state index < -0.39 is 5.91 Å². The van der Waals surface area contributed by atoms with Crippen LogP contribution >= 0.6 is 23.2 Å². The van der Waals surface area contributed by atoms with Gasteiger partial charge in [-0.15, -0.1) is 0 Å². The Kier molecular flexibility index (Phi) is 4.98. The van der Waals surface area contributed by atoms with Crippen LogP contribution in [0.2, 0.25) is 10.3 Å². The second-order valence-electron chi connectivity index (χ2n) is 4.54. The number of nitrogens with one attached hydrogen (secondary N) is 1. The zero-order valence-corrected chi connectivity index (χ0v) is 13.1. The van der Waals surface area contributed by atoms with Crippen LogP contribution < -0.4 is 10.2 Å². The van der Waals surface area contributed by atoms with Crippen molar-refractivity contribution in [2.75, 3.05) is 19.0 Å². The van der Waals surface area contributed by atoms with Gasteiger partial charge in [0.05, 0.1) is 0 Å². The number of anilines is 1. The second-order valence-corrected chi connectivity index (χ2v) is 5.26. The van der Waals surface area contributed by atoms with E-state index in [9.17, 15) is 4.79 Å². The number of aromatic nitrogens is 2. The van der Waals surface area contributed by atoms with E-state index in [0.29, 0.717) is 12.5 Å². The van der Waals surface area contributed by atoms with E-state index in [1.807, 2.05) is 30.3 Å². The van der Waals surface area contributed by atoms with Crippen LogP contribution in [0.5, 0.6) is 0 Å². The molecule has 1 amide bonds. The maximum Gasteiger partial charge on any atom is 0.257 e. The number of benzene rings is 1. The molecule has 0 aliphatic rings. The standard InChI is InChI=1S/C14H14Cl2N4O/c1-20(2)14-18-11(15)10(12(16)19-14)13(21)17-8-9-6-4-3-5-7-9/h3-7H,8H2,1-2H3,(H,17,21). The molecule has 0 fully saturated rings. The number of amides is 1. The fraction of sp³-hybridized carbons (Fsp3) is 0.214.